The molecule has 0 saturated carbocycles. The molecule has 3 fully saturated rings. The minimum atomic E-state index is -1.11. The Bertz CT molecular complexity index is 2640. The number of hydrogen-bond acceptors (Lipinski definition) is 19. The maximum Gasteiger partial charge on any atom is 0.414 e. The molecule has 7 atom stereocenters. The Morgan fingerprint density at radius 1 is 0.836 bits per heavy atom. The number of aliphatic imine (C=N–C) groups is 1. The number of thioether (sulfide) groups is 1. The smallest absolute Gasteiger partial charge is 0.414 e. The average molecular weight is 1030 g/mol. The van der Waals surface area contributed by atoms with Crippen molar-refractivity contribution in [2.75, 3.05) is 33.2 Å². The minimum Gasteiger partial charge on any atom is -0.456 e. The molecule has 4 aliphatic rings. The predicted octanol–water partition coefficient (Wildman–Crippen LogP) is 3.26. The number of guanidine groups is 1. The van der Waals surface area contributed by atoms with Crippen LogP contribution in [0.1, 0.15) is 43.4 Å². The third kappa shape index (κ3) is 12.5. The highest BCUT2D eigenvalue weighted by Crippen LogP contribution is 2.52. The lowest BCUT2D eigenvalue weighted by atomic mass is 9.79. The number of aliphatic hydroxyl groups excluding tert-OH is 1. The summed E-state index contributed by atoms with van der Waals surface area (Å²) in [5.41, 5.74) is 0.894. The number of nitrogens with one attached hydrogen (secondary N) is 3. The topological polar surface area (TPSA) is 338 Å². The third-order valence-electron chi connectivity index (χ3n) is 12.8. The molecular formula is C46H50N10O16S. The fourth-order valence-electron chi connectivity index (χ4n) is 8.80. The number of nitro benzene ring substituents is 3. The van der Waals surface area contributed by atoms with Crippen LogP contribution in [0.2, 0.25) is 0 Å². The molecule has 3 aromatic carbocycles. The first-order valence-corrected chi connectivity index (χ1v) is 23.7. The number of fused-ring (bicyclic) bond motifs is 1. The SMILES string of the molecule is C[C@@H](O)[C@H]1C(=O)N2C(C(=O)OCc3ccc([N+](=O)[O-])cc3)=C(S[C@@H]3CN[C@H](C(=O)N4CC[C@H](N(C)C(=O)CN=C(NC(=O)OCc5ccc([N+](=O)[O-])cc5)NC(=O)OCc5ccc([N+](=O)[O-])cc5)C4)C3)[C@H](C)[C@H]12. The molecule has 0 spiro atoms. The van der Waals surface area contributed by atoms with Crippen LogP contribution in [-0.2, 0) is 53.2 Å². The number of likely N-dealkylation sites (N-methyl/N-ethyl adjacent to an activating group) is 1. The Balaban J connectivity index is 0.944. The quantitative estimate of drug-likeness (QED) is 0.0287. The van der Waals surface area contributed by atoms with Gasteiger partial charge in [0, 0.05) is 79.2 Å². The minimum absolute atomic E-state index is 0.0680. The average Bonchev–Trinajstić information content (AvgIpc) is 4.11. The second-order valence-electron chi connectivity index (χ2n) is 17.5. The molecule has 7 rings (SSSR count). The monoisotopic (exact) mass is 1030 g/mol. The van der Waals surface area contributed by atoms with Crippen molar-refractivity contribution in [2.45, 2.75) is 76.0 Å². The summed E-state index contributed by atoms with van der Waals surface area (Å²) in [6.45, 7) is 2.82. The van der Waals surface area contributed by atoms with Gasteiger partial charge in [0.05, 0.1) is 44.9 Å². The van der Waals surface area contributed by atoms with Crippen molar-refractivity contribution in [3.63, 3.8) is 0 Å². The fraction of sp³-hybridized carbons (Fsp3) is 0.413. The van der Waals surface area contributed by atoms with Crippen molar-refractivity contribution >= 4 is 70.7 Å². The van der Waals surface area contributed by atoms with Gasteiger partial charge in [-0.25, -0.2) is 19.4 Å². The van der Waals surface area contributed by atoms with Gasteiger partial charge in [0.2, 0.25) is 23.7 Å². The van der Waals surface area contributed by atoms with E-state index in [0.717, 1.165) is 0 Å². The lowest BCUT2D eigenvalue weighted by Crippen LogP contribution is -2.63. The number of β-lactam (4-membered cyclic amide) rings is 1. The molecule has 0 unspecified atom stereocenters. The number of carbonyl (C=O) groups excluding carboxylic acids is 6. The van der Waals surface area contributed by atoms with Crippen molar-refractivity contribution in [2.24, 2.45) is 16.8 Å². The van der Waals surface area contributed by atoms with Crippen molar-refractivity contribution in [1.82, 2.24) is 30.7 Å². The number of hydrogen-bond donors (Lipinski definition) is 4. The van der Waals surface area contributed by atoms with Gasteiger partial charge in [0.15, 0.2) is 0 Å². The van der Waals surface area contributed by atoms with Gasteiger partial charge in [-0.1, -0.05) is 6.92 Å². The number of alkyl carbamates (subject to hydrolysis) is 2. The largest absolute Gasteiger partial charge is 0.456 e. The predicted molar refractivity (Wildman–Crippen MR) is 256 cm³/mol. The van der Waals surface area contributed by atoms with E-state index in [1.807, 2.05) is 6.92 Å². The zero-order valence-corrected chi connectivity index (χ0v) is 40.3. The first-order chi connectivity index (χ1) is 34.8. The van der Waals surface area contributed by atoms with E-state index in [2.05, 4.69) is 20.9 Å². The van der Waals surface area contributed by atoms with Crippen molar-refractivity contribution in [1.29, 1.82) is 0 Å². The van der Waals surface area contributed by atoms with Crippen molar-refractivity contribution in [3.8, 4) is 0 Å². The molecule has 4 heterocycles. The summed E-state index contributed by atoms with van der Waals surface area (Å²) in [7, 11) is 1.52. The van der Waals surface area contributed by atoms with E-state index >= 15 is 0 Å². The molecule has 5 amide bonds. The summed E-state index contributed by atoms with van der Waals surface area (Å²) in [4.78, 5) is 121. The maximum atomic E-state index is 13.9. The van der Waals surface area contributed by atoms with E-state index in [1.165, 1.54) is 108 Å². The van der Waals surface area contributed by atoms with Crippen LogP contribution in [-0.4, -0.2) is 139 Å². The zero-order valence-electron chi connectivity index (χ0n) is 39.4. The van der Waals surface area contributed by atoms with Crippen LogP contribution >= 0.6 is 11.8 Å². The molecule has 4 N–H and O–H groups in total. The summed E-state index contributed by atoms with van der Waals surface area (Å²) in [6, 6.07) is 14.4. The van der Waals surface area contributed by atoms with Crippen LogP contribution in [0.15, 0.2) is 88.4 Å². The summed E-state index contributed by atoms with van der Waals surface area (Å²) < 4.78 is 16.0. The second-order valence-corrected chi connectivity index (χ2v) is 18.9. The van der Waals surface area contributed by atoms with Gasteiger partial charge in [-0.3, -0.25) is 55.4 Å². The third-order valence-corrected chi connectivity index (χ3v) is 14.3. The number of rotatable bonds is 17. The Labute approximate surface area is 419 Å². The summed E-state index contributed by atoms with van der Waals surface area (Å²) in [5.74, 6) is -3.52. The number of carbonyl (C=O) groups is 6. The van der Waals surface area contributed by atoms with Gasteiger partial charge in [0.1, 0.15) is 32.1 Å². The van der Waals surface area contributed by atoms with E-state index in [9.17, 15) is 64.2 Å². The molecule has 27 heteroatoms. The molecule has 0 bridgehead atoms. The Kier molecular flexibility index (Phi) is 16.6. The Morgan fingerprint density at radius 2 is 1.33 bits per heavy atom. The van der Waals surface area contributed by atoms with Gasteiger partial charge in [0.25, 0.3) is 17.1 Å². The number of nitro groups is 3. The highest BCUT2D eigenvalue weighted by Gasteiger charge is 2.60. The van der Waals surface area contributed by atoms with Crippen LogP contribution in [0.3, 0.4) is 0 Å². The van der Waals surface area contributed by atoms with Gasteiger partial charge >= 0.3 is 18.2 Å². The standard InChI is InChI=1S/C46H50N10O16S/c1-25-38-37(26(2)57)42(60)53(38)39(43(61)70-22-27-4-10-30(11-5-27)54(64)65)40(25)73-34-18-35(47-19-34)41(59)52-17-16-33(21-52)51(3)36(58)20-48-44(49-45(62)71-23-28-6-12-31(13-7-28)55(66)67)50-46(63)72-24-29-8-14-32(15-9-29)56(68)69/h4-15,25-26,33-35,37-38,47,57H,16-24H2,1-3H3,(H2,48,49,50,62,63)/t25-,26-,33+,34+,35+,37-,38-/m1/s1. The van der Waals surface area contributed by atoms with Crippen LogP contribution in [0, 0.1) is 42.2 Å². The molecule has 0 aromatic heterocycles. The van der Waals surface area contributed by atoms with E-state index in [-0.39, 0.29) is 66.2 Å². The molecule has 4 aliphatic heterocycles. The fourth-order valence-corrected chi connectivity index (χ4v) is 10.3. The summed E-state index contributed by atoms with van der Waals surface area (Å²) in [5, 5.41) is 51.1. The van der Waals surface area contributed by atoms with Crippen LogP contribution < -0.4 is 16.0 Å². The second kappa shape index (κ2) is 23.0. The molecule has 73 heavy (non-hydrogen) atoms. The van der Waals surface area contributed by atoms with Crippen molar-refractivity contribution in [3.05, 3.63) is 130 Å². The van der Waals surface area contributed by atoms with E-state index in [0.29, 0.717) is 47.5 Å². The lowest BCUT2D eigenvalue weighted by molar-refractivity contribution is -0.385. The summed E-state index contributed by atoms with van der Waals surface area (Å²) >= 11 is 1.36. The van der Waals surface area contributed by atoms with Gasteiger partial charge in [-0.2, -0.15) is 0 Å². The summed E-state index contributed by atoms with van der Waals surface area (Å²) in [6.07, 6.45) is -2.41. The number of non-ortho nitro benzene ring substituents is 3. The highest BCUT2D eigenvalue weighted by molar-refractivity contribution is 8.03. The molecule has 3 aromatic rings. The van der Waals surface area contributed by atoms with Gasteiger partial charge < -0.3 is 39.3 Å². The van der Waals surface area contributed by atoms with Crippen molar-refractivity contribution < 1.29 is 62.9 Å². The molecule has 3 saturated heterocycles. The molecule has 386 valence electrons. The molecular weight excluding hydrogens is 981 g/mol. The van der Waals surface area contributed by atoms with E-state index < -0.39 is 87.4 Å². The first kappa shape index (κ1) is 52.8. The maximum absolute atomic E-state index is 13.9. The Morgan fingerprint density at radius 3 is 1.81 bits per heavy atom. The van der Waals surface area contributed by atoms with Crippen LogP contribution in [0.25, 0.3) is 0 Å². The number of amides is 5. The van der Waals surface area contributed by atoms with Crippen LogP contribution in [0.4, 0.5) is 26.7 Å². The molecule has 0 radical (unpaired) electrons. The highest BCUT2D eigenvalue weighted by atomic mass is 32.2. The number of nitrogens with zero attached hydrogens (tertiary/aromatic N) is 7. The number of aliphatic hydroxyl groups is 1. The van der Waals surface area contributed by atoms with Gasteiger partial charge in [-0.15, -0.1) is 11.8 Å². The first-order valence-electron chi connectivity index (χ1n) is 22.8. The number of benzene rings is 3. The number of esters is 1. The van der Waals surface area contributed by atoms with Gasteiger partial charge in [-0.05, 0) is 72.9 Å². The number of ether oxygens (including phenoxy) is 3. The van der Waals surface area contributed by atoms with Crippen LogP contribution in [0.5, 0.6) is 0 Å². The lowest BCUT2D eigenvalue weighted by Gasteiger charge is -2.46. The molecule has 26 nitrogen and oxygen atoms in total. The number of likely N-dealkylation sites (tertiary alicyclic amines) is 1. The molecule has 0 aliphatic carbocycles. The normalized spacial score (nSPS) is 21.3. The van der Waals surface area contributed by atoms with E-state index in [4.69, 9.17) is 14.2 Å². The zero-order chi connectivity index (χ0) is 52.7. The van der Waals surface area contributed by atoms with E-state index in [1.54, 1.807) is 4.90 Å². The Hall–Kier alpha value is -8.04.